The number of rotatable bonds is 13. The average molecular weight is 593 g/mol. The van der Waals surface area contributed by atoms with E-state index in [-0.39, 0.29) is 10.8 Å². The lowest BCUT2D eigenvalue weighted by Gasteiger charge is -2.33. The van der Waals surface area contributed by atoms with E-state index < -0.39 is 0 Å². The highest BCUT2D eigenvalue weighted by molar-refractivity contribution is 5.68. The maximum Gasteiger partial charge on any atom is 0.169 e. The summed E-state index contributed by atoms with van der Waals surface area (Å²) < 4.78 is 2.23. The van der Waals surface area contributed by atoms with Crippen LogP contribution in [0.15, 0.2) is 130 Å². The van der Waals surface area contributed by atoms with Crippen LogP contribution in [0.3, 0.4) is 0 Å². The lowest BCUT2D eigenvalue weighted by molar-refractivity contribution is -0.451. The van der Waals surface area contributed by atoms with Crippen LogP contribution in [0.25, 0.3) is 0 Å². The molecule has 0 aromatic heterocycles. The summed E-state index contributed by atoms with van der Waals surface area (Å²) in [6.07, 6.45) is 39.3. The van der Waals surface area contributed by atoms with E-state index in [0.717, 1.165) is 18.5 Å². The Balaban J connectivity index is 1.99. The fraction of sp³-hybridized carbons (Fsp3) is 0.465. The normalized spacial score (nSPS) is 21.0. The highest BCUT2D eigenvalue weighted by atomic mass is 15.0. The molecule has 0 fully saturated rings. The molecule has 2 aliphatic carbocycles. The zero-order valence-electron chi connectivity index (χ0n) is 29.9. The summed E-state index contributed by atoms with van der Waals surface area (Å²) in [7, 11) is 0. The van der Waals surface area contributed by atoms with Gasteiger partial charge in [0.2, 0.25) is 0 Å². The summed E-state index contributed by atoms with van der Waals surface area (Å²) in [5.74, 6) is 0. The summed E-state index contributed by atoms with van der Waals surface area (Å²) in [5, 5.41) is 0. The molecule has 1 nitrogen and oxygen atoms in total. The fourth-order valence-electron chi connectivity index (χ4n) is 6.21. The molecule has 0 atom stereocenters. The van der Waals surface area contributed by atoms with Crippen molar-refractivity contribution in [2.75, 3.05) is 6.54 Å². The molecule has 44 heavy (non-hydrogen) atoms. The second-order valence-electron chi connectivity index (χ2n) is 14.3. The van der Waals surface area contributed by atoms with Crippen molar-refractivity contribution in [3.63, 3.8) is 0 Å². The Labute approximate surface area is 272 Å². The third-order valence-electron chi connectivity index (χ3n) is 8.99. The Bertz CT molecular complexity index is 1340. The molecule has 1 heteroatoms. The summed E-state index contributed by atoms with van der Waals surface area (Å²) in [6, 6.07) is 0. The first-order valence-corrected chi connectivity index (χ1v) is 16.9. The Kier molecular flexibility index (Phi) is 15.1. The van der Waals surface area contributed by atoms with Crippen molar-refractivity contribution >= 4 is 6.21 Å². The minimum atomic E-state index is 0.274. The zero-order valence-corrected chi connectivity index (χ0v) is 29.9. The SMILES string of the molecule is C=C(\C=C/[N+](=C/C=C(C)/C=C/C=C(C)/C=C/C1=C(C)CCCC1(C)C)CCC)/C=C/C=C(C)/C=C/C1=C(C)CCCC1(C)C. The molecule has 0 amide bonds. The first-order chi connectivity index (χ1) is 20.7. The van der Waals surface area contributed by atoms with E-state index >= 15 is 0 Å². The predicted octanol–water partition coefficient (Wildman–Crippen LogP) is 12.7. The maximum absolute atomic E-state index is 4.23. The van der Waals surface area contributed by atoms with Gasteiger partial charge in [0.05, 0.1) is 0 Å². The molecule has 0 spiro atoms. The van der Waals surface area contributed by atoms with Gasteiger partial charge in [-0.15, -0.1) is 0 Å². The Morgan fingerprint density at radius 1 is 0.705 bits per heavy atom. The Morgan fingerprint density at radius 2 is 1.18 bits per heavy atom. The second kappa shape index (κ2) is 17.9. The third-order valence-corrected chi connectivity index (χ3v) is 8.99. The van der Waals surface area contributed by atoms with E-state index in [1.54, 1.807) is 5.57 Å². The maximum atomic E-state index is 4.23. The highest BCUT2D eigenvalue weighted by Crippen LogP contribution is 2.41. The molecular formula is C43H62N+. The van der Waals surface area contributed by atoms with Crippen LogP contribution in [0.5, 0.6) is 0 Å². The van der Waals surface area contributed by atoms with Gasteiger partial charge in [0.1, 0.15) is 6.54 Å². The number of allylic oxidation sites excluding steroid dienone is 20. The van der Waals surface area contributed by atoms with Crippen LogP contribution in [0.2, 0.25) is 0 Å². The van der Waals surface area contributed by atoms with Gasteiger partial charge in [0, 0.05) is 18.6 Å². The van der Waals surface area contributed by atoms with Crippen LogP contribution in [-0.2, 0) is 0 Å². The molecule has 238 valence electrons. The first-order valence-electron chi connectivity index (χ1n) is 16.9. The van der Waals surface area contributed by atoms with Gasteiger partial charge in [-0.2, -0.15) is 0 Å². The van der Waals surface area contributed by atoms with E-state index in [9.17, 15) is 0 Å². The van der Waals surface area contributed by atoms with Crippen LogP contribution < -0.4 is 0 Å². The molecule has 0 aromatic carbocycles. The van der Waals surface area contributed by atoms with Crippen molar-refractivity contribution in [1.82, 2.24) is 0 Å². The van der Waals surface area contributed by atoms with Crippen molar-refractivity contribution in [3.05, 3.63) is 130 Å². The lowest BCUT2D eigenvalue weighted by atomic mass is 9.72. The van der Waals surface area contributed by atoms with Gasteiger partial charge >= 0.3 is 0 Å². The Morgan fingerprint density at radius 3 is 1.66 bits per heavy atom. The quantitative estimate of drug-likeness (QED) is 0.114. The van der Waals surface area contributed by atoms with Gasteiger partial charge in [-0.05, 0) is 106 Å². The predicted molar refractivity (Wildman–Crippen MR) is 198 cm³/mol. The van der Waals surface area contributed by atoms with E-state index in [1.165, 1.54) is 72.0 Å². The molecule has 0 heterocycles. The van der Waals surface area contributed by atoms with Crippen molar-refractivity contribution < 1.29 is 4.58 Å². The third kappa shape index (κ3) is 12.8. The van der Waals surface area contributed by atoms with Crippen molar-refractivity contribution in [1.29, 1.82) is 0 Å². The largest absolute Gasteiger partial charge is 0.205 e. The minimum Gasteiger partial charge on any atom is -0.205 e. The van der Waals surface area contributed by atoms with Gasteiger partial charge in [-0.25, -0.2) is 4.58 Å². The van der Waals surface area contributed by atoms with E-state index in [4.69, 9.17) is 0 Å². The summed E-state index contributed by atoms with van der Waals surface area (Å²) in [4.78, 5) is 0. The summed E-state index contributed by atoms with van der Waals surface area (Å²) in [5.41, 5.74) is 11.4. The molecule has 2 aliphatic rings. The zero-order chi connectivity index (χ0) is 32.8. The van der Waals surface area contributed by atoms with Gasteiger partial charge in [0.15, 0.2) is 12.4 Å². The lowest BCUT2D eigenvalue weighted by Crippen LogP contribution is -2.19. The molecule has 0 unspecified atom stereocenters. The Hall–Kier alpha value is -3.19. The first kappa shape index (κ1) is 37.0. The molecule has 0 aliphatic heterocycles. The highest BCUT2D eigenvalue weighted by Gasteiger charge is 2.27. The smallest absolute Gasteiger partial charge is 0.169 e. The van der Waals surface area contributed by atoms with Crippen molar-refractivity contribution in [3.8, 4) is 0 Å². The number of nitrogens with zero attached hydrogens (tertiary/aromatic N) is 1. The molecule has 0 radical (unpaired) electrons. The molecule has 0 aromatic rings. The van der Waals surface area contributed by atoms with Gasteiger partial charge in [-0.1, -0.05) is 124 Å². The van der Waals surface area contributed by atoms with E-state index in [2.05, 4.69) is 166 Å². The van der Waals surface area contributed by atoms with Crippen LogP contribution >= 0.6 is 0 Å². The molecule has 0 saturated heterocycles. The standard InChI is InChI=1S/C43H62N/c1-12-31-44(32-27-36(4)19-13-17-34(2)23-25-40-38(6)21-15-29-42(40,8)9)33-28-37(5)20-14-18-35(3)24-26-41-39(7)22-16-30-43(41,10)11/h13-14,17-20,23-28,32-33H,4,12,15-16,21-22,29-31H2,1-3,5-11H3/q+1/b19-13+,20-14+,25-23+,26-24+,32-27-,34-17+,35-18+,37-28+,44-33+. The molecular weight excluding hydrogens is 530 g/mol. The van der Waals surface area contributed by atoms with Crippen LogP contribution in [0, 0.1) is 10.8 Å². The van der Waals surface area contributed by atoms with Crippen LogP contribution in [0.1, 0.15) is 114 Å². The number of hydrogen-bond acceptors (Lipinski definition) is 0. The van der Waals surface area contributed by atoms with Gasteiger partial charge in [0.25, 0.3) is 0 Å². The average Bonchev–Trinajstić information content (AvgIpc) is 2.93. The van der Waals surface area contributed by atoms with E-state index in [0.29, 0.717) is 0 Å². The fourth-order valence-corrected chi connectivity index (χ4v) is 6.21. The number of hydrogen-bond donors (Lipinski definition) is 0. The topological polar surface area (TPSA) is 3.01 Å². The van der Waals surface area contributed by atoms with Gasteiger partial charge in [-0.3, -0.25) is 0 Å². The second-order valence-corrected chi connectivity index (χ2v) is 14.3. The van der Waals surface area contributed by atoms with Crippen LogP contribution in [-0.4, -0.2) is 17.3 Å². The molecule has 0 bridgehead atoms. The summed E-state index contributed by atoms with van der Waals surface area (Å²) in [6.45, 7) is 28.0. The van der Waals surface area contributed by atoms with Crippen molar-refractivity contribution in [2.45, 2.75) is 114 Å². The monoisotopic (exact) mass is 592 g/mol. The molecule has 2 rings (SSSR count). The molecule has 0 N–H and O–H groups in total. The van der Waals surface area contributed by atoms with E-state index in [1.807, 2.05) is 0 Å². The molecule has 0 saturated carbocycles. The van der Waals surface area contributed by atoms with Crippen molar-refractivity contribution in [2.24, 2.45) is 10.8 Å². The van der Waals surface area contributed by atoms with Gasteiger partial charge < -0.3 is 0 Å². The summed E-state index contributed by atoms with van der Waals surface area (Å²) >= 11 is 0. The minimum absolute atomic E-state index is 0.274. The van der Waals surface area contributed by atoms with Crippen LogP contribution in [0.4, 0.5) is 0 Å².